The molecule has 1 unspecified atom stereocenters. The average molecular weight is 292 g/mol. The topological polar surface area (TPSA) is 33.4 Å². The molecule has 3 aromatic rings. The maximum atomic E-state index is 13.1. The molecule has 0 spiro atoms. The summed E-state index contributed by atoms with van der Waals surface area (Å²) in [4.78, 5) is 0. The number of halogens is 3. The van der Waals surface area contributed by atoms with Crippen molar-refractivity contribution < 1.29 is 22.7 Å². The normalized spacial score (nSPS) is 13.0. The molecule has 3 rings (SSSR count). The van der Waals surface area contributed by atoms with E-state index in [-0.39, 0.29) is 11.3 Å². The summed E-state index contributed by atoms with van der Waals surface area (Å²) >= 11 is 0. The third kappa shape index (κ3) is 2.64. The van der Waals surface area contributed by atoms with Crippen molar-refractivity contribution in [2.24, 2.45) is 0 Å². The van der Waals surface area contributed by atoms with Gasteiger partial charge in [0.05, 0.1) is 0 Å². The summed E-state index contributed by atoms with van der Waals surface area (Å²) < 4.78 is 43.9. The highest BCUT2D eigenvalue weighted by atomic mass is 19.3. The number of rotatable bonds is 3. The largest absolute Gasteiger partial charge is 0.458 e. The van der Waals surface area contributed by atoms with E-state index < -0.39 is 18.3 Å². The van der Waals surface area contributed by atoms with Gasteiger partial charge in [0, 0.05) is 10.9 Å². The fraction of sp³-hybridized carbons (Fsp3) is 0.125. The van der Waals surface area contributed by atoms with Crippen LogP contribution in [0.15, 0.2) is 52.9 Å². The van der Waals surface area contributed by atoms with E-state index in [1.54, 1.807) is 0 Å². The molecule has 0 saturated carbocycles. The lowest BCUT2D eigenvalue weighted by Gasteiger charge is -2.09. The average Bonchev–Trinajstić information content (AvgIpc) is 2.89. The summed E-state index contributed by atoms with van der Waals surface area (Å²) in [6.45, 7) is 0. The Kier molecular flexibility index (Phi) is 3.43. The van der Waals surface area contributed by atoms with Crippen LogP contribution in [0.1, 0.15) is 29.4 Å². The van der Waals surface area contributed by atoms with E-state index in [9.17, 15) is 18.3 Å². The molecule has 0 fully saturated rings. The van der Waals surface area contributed by atoms with Gasteiger partial charge in [-0.2, -0.15) is 0 Å². The zero-order valence-corrected chi connectivity index (χ0v) is 10.8. The first kappa shape index (κ1) is 13.7. The minimum absolute atomic E-state index is 0.172. The molecule has 2 nitrogen and oxygen atoms in total. The molecule has 108 valence electrons. The van der Waals surface area contributed by atoms with Crippen LogP contribution >= 0.6 is 0 Å². The lowest BCUT2D eigenvalue weighted by Crippen LogP contribution is -1.99. The number of furan rings is 1. The van der Waals surface area contributed by atoms with E-state index in [0.29, 0.717) is 16.5 Å². The van der Waals surface area contributed by atoms with Gasteiger partial charge in [-0.15, -0.1) is 0 Å². The second-order valence-corrected chi connectivity index (χ2v) is 4.70. The molecule has 1 N–H and O–H groups in total. The molecular weight excluding hydrogens is 281 g/mol. The zero-order chi connectivity index (χ0) is 15.0. The summed E-state index contributed by atoms with van der Waals surface area (Å²) in [5, 5.41) is 10.7. The van der Waals surface area contributed by atoms with Crippen molar-refractivity contribution in [1.29, 1.82) is 0 Å². The number of hydrogen-bond donors (Lipinski definition) is 1. The second-order valence-electron chi connectivity index (χ2n) is 4.70. The molecule has 2 aromatic carbocycles. The SMILES string of the molecule is OC(c1cccc(C(F)F)c1)c1cc2cc(F)ccc2o1. The number of alkyl halides is 2. The van der Waals surface area contributed by atoms with E-state index in [2.05, 4.69) is 0 Å². The van der Waals surface area contributed by atoms with Crippen LogP contribution in [0.2, 0.25) is 0 Å². The molecule has 1 atom stereocenters. The molecule has 0 bridgehead atoms. The number of hydrogen-bond acceptors (Lipinski definition) is 2. The van der Waals surface area contributed by atoms with Crippen molar-refractivity contribution in [1.82, 2.24) is 0 Å². The molecule has 5 heteroatoms. The molecule has 0 saturated heterocycles. The first-order chi connectivity index (χ1) is 10.0. The van der Waals surface area contributed by atoms with Crippen molar-refractivity contribution >= 4 is 11.0 Å². The van der Waals surface area contributed by atoms with E-state index >= 15 is 0 Å². The first-order valence-electron chi connectivity index (χ1n) is 6.29. The molecule has 0 aliphatic rings. The molecule has 21 heavy (non-hydrogen) atoms. The Morgan fingerprint density at radius 1 is 0.952 bits per heavy atom. The standard InChI is InChI=1S/C16H11F3O2/c17-12-4-5-13-11(7-12)8-14(21-13)15(20)9-2-1-3-10(6-9)16(18)19/h1-8,15-16,20H. The zero-order valence-electron chi connectivity index (χ0n) is 10.8. The lowest BCUT2D eigenvalue weighted by molar-refractivity contribution is 0.150. The number of aliphatic hydroxyl groups is 1. The Labute approximate surface area is 118 Å². The summed E-state index contributed by atoms with van der Waals surface area (Å²) in [7, 11) is 0. The van der Waals surface area contributed by atoms with Crippen LogP contribution in [-0.4, -0.2) is 5.11 Å². The van der Waals surface area contributed by atoms with Crippen molar-refractivity contribution in [2.45, 2.75) is 12.5 Å². The minimum Gasteiger partial charge on any atom is -0.458 e. The fourth-order valence-corrected chi connectivity index (χ4v) is 2.20. The molecule has 1 aromatic heterocycles. The molecule has 0 aliphatic heterocycles. The Hall–Kier alpha value is -2.27. The van der Waals surface area contributed by atoms with Crippen molar-refractivity contribution in [3.05, 3.63) is 71.2 Å². The van der Waals surface area contributed by atoms with Crippen molar-refractivity contribution in [3.8, 4) is 0 Å². The third-order valence-corrected chi connectivity index (χ3v) is 3.25. The summed E-state index contributed by atoms with van der Waals surface area (Å²) in [6, 6.07) is 11.0. The van der Waals surface area contributed by atoms with Crippen LogP contribution in [0.5, 0.6) is 0 Å². The van der Waals surface area contributed by atoms with Gasteiger partial charge in [-0.1, -0.05) is 18.2 Å². The van der Waals surface area contributed by atoms with Crippen molar-refractivity contribution in [2.75, 3.05) is 0 Å². The Morgan fingerprint density at radius 3 is 2.48 bits per heavy atom. The lowest BCUT2D eigenvalue weighted by atomic mass is 10.0. The number of benzene rings is 2. The van der Waals surface area contributed by atoms with E-state index in [0.717, 1.165) is 0 Å². The maximum Gasteiger partial charge on any atom is 0.263 e. The number of fused-ring (bicyclic) bond motifs is 1. The molecule has 0 amide bonds. The third-order valence-electron chi connectivity index (χ3n) is 3.25. The first-order valence-corrected chi connectivity index (χ1v) is 6.29. The van der Waals surface area contributed by atoms with Gasteiger partial charge in [-0.3, -0.25) is 0 Å². The van der Waals surface area contributed by atoms with Crippen LogP contribution in [0.25, 0.3) is 11.0 Å². The van der Waals surface area contributed by atoms with Crippen LogP contribution in [0.3, 0.4) is 0 Å². The van der Waals surface area contributed by atoms with Gasteiger partial charge in [0.15, 0.2) is 0 Å². The van der Waals surface area contributed by atoms with Gasteiger partial charge in [-0.25, -0.2) is 13.2 Å². The van der Waals surface area contributed by atoms with Gasteiger partial charge in [0.25, 0.3) is 6.43 Å². The fourth-order valence-electron chi connectivity index (χ4n) is 2.20. The Morgan fingerprint density at radius 2 is 1.71 bits per heavy atom. The predicted molar refractivity (Wildman–Crippen MR) is 71.6 cm³/mol. The highest BCUT2D eigenvalue weighted by molar-refractivity contribution is 5.78. The van der Waals surface area contributed by atoms with E-state index in [4.69, 9.17) is 4.42 Å². The minimum atomic E-state index is -2.61. The molecule has 0 radical (unpaired) electrons. The second kappa shape index (κ2) is 5.26. The van der Waals surface area contributed by atoms with Crippen LogP contribution in [-0.2, 0) is 0 Å². The quantitative estimate of drug-likeness (QED) is 0.766. The summed E-state index contributed by atoms with van der Waals surface area (Å²) in [6.07, 6.45) is -3.79. The Balaban J connectivity index is 1.99. The van der Waals surface area contributed by atoms with Gasteiger partial charge >= 0.3 is 0 Å². The Bertz CT molecular complexity index is 780. The highest BCUT2D eigenvalue weighted by Crippen LogP contribution is 2.30. The van der Waals surface area contributed by atoms with Gasteiger partial charge in [0.1, 0.15) is 23.3 Å². The van der Waals surface area contributed by atoms with Gasteiger partial charge in [0.2, 0.25) is 0 Å². The van der Waals surface area contributed by atoms with Crippen LogP contribution < -0.4 is 0 Å². The molecule has 0 aliphatic carbocycles. The smallest absolute Gasteiger partial charge is 0.263 e. The van der Waals surface area contributed by atoms with Crippen LogP contribution in [0, 0.1) is 5.82 Å². The molecule has 1 heterocycles. The predicted octanol–water partition coefficient (Wildman–Crippen LogP) is 4.59. The summed E-state index contributed by atoms with van der Waals surface area (Å²) in [5.41, 5.74) is 0.552. The number of aliphatic hydroxyl groups excluding tert-OH is 1. The van der Waals surface area contributed by atoms with E-state index in [1.807, 2.05) is 0 Å². The van der Waals surface area contributed by atoms with Crippen LogP contribution in [0.4, 0.5) is 13.2 Å². The maximum absolute atomic E-state index is 13.1. The van der Waals surface area contributed by atoms with Gasteiger partial charge in [-0.05, 0) is 35.9 Å². The van der Waals surface area contributed by atoms with Gasteiger partial charge < -0.3 is 9.52 Å². The summed E-state index contributed by atoms with van der Waals surface area (Å²) in [5.74, 6) is -0.231. The highest BCUT2D eigenvalue weighted by Gasteiger charge is 2.17. The van der Waals surface area contributed by atoms with Crippen molar-refractivity contribution in [3.63, 3.8) is 0 Å². The monoisotopic (exact) mass is 292 g/mol. The van der Waals surface area contributed by atoms with E-state index in [1.165, 1.54) is 48.5 Å². The molecular formula is C16H11F3O2.